The molecule has 0 fully saturated rings. The molecule has 5 aromatic rings. The fraction of sp³-hybridized carbons (Fsp3) is 0.316. The number of sulfone groups is 1. The fourth-order valence-electron chi connectivity index (χ4n) is 6.96. The number of hydrogen-bond acceptors (Lipinski definition) is 14. The number of methoxy groups -OCH3 is 3. The second-order valence-corrected chi connectivity index (χ2v) is 15.9. The maximum atomic E-state index is 15.0. The zero-order valence-electron chi connectivity index (χ0n) is 30.3. The third-order valence-corrected chi connectivity index (χ3v) is 11.0. The predicted molar refractivity (Wildman–Crippen MR) is 197 cm³/mol. The summed E-state index contributed by atoms with van der Waals surface area (Å²) in [6, 6.07) is 10.7. The molecule has 1 N–H and O–H groups in total. The number of pyridine rings is 1. The summed E-state index contributed by atoms with van der Waals surface area (Å²) in [6.07, 6.45) is 3.74. The monoisotopic (exact) mass is 790 g/mol. The summed E-state index contributed by atoms with van der Waals surface area (Å²) in [4.78, 5) is 52.0. The Balaban J connectivity index is 1.29. The first-order valence-electron chi connectivity index (χ1n) is 17.0. The highest BCUT2D eigenvalue weighted by Gasteiger charge is 2.63. The number of fused-ring (bicyclic) bond motifs is 2. The molecule has 17 heteroatoms. The van der Waals surface area contributed by atoms with Crippen molar-refractivity contribution in [2.75, 3.05) is 33.3 Å². The minimum absolute atomic E-state index is 0.00551. The molecule has 3 unspecified atom stereocenters. The summed E-state index contributed by atoms with van der Waals surface area (Å²) in [7, 11) is 0.811. The summed E-state index contributed by atoms with van der Waals surface area (Å²) in [5.41, 5.74) is -0.823. The first-order valence-corrected chi connectivity index (χ1v) is 19.5. The SMILES string of the molecule is COc1ccc(-c2oc3c(c2CC(=O)NC(CCS(C)(=O)=O)c2nc(-c4cccnc4)no2)C(=O)C2(Oc4c(Cl)c(OC)cc(OC)c4C2=O)C(C)C3)cc1. The molecule has 1 spiro atoms. The Bertz CT molecular complexity index is 2430. The lowest BCUT2D eigenvalue weighted by molar-refractivity contribution is -0.121. The Morgan fingerprint density at radius 1 is 1.04 bits per heavy atom. The van der Waals surface area contributed by atoms with E-state index in [1.54, 1.807) is 49.5 Å². The number of hydrogen-bond donors (Lipinski definition) is 1. The molecule has 286 valence electrons. The van der Waals surface area contributed by atoms with Gasteiger partial charge < -0.3 is 33.2 Å². The predicted octanol–water partition coefficient (Wildman–Crippen LogP) is 5.29. The molecule has 4 heterocycles. The number of nitrogens with zero attached hydrogens (tertiary/aromatic N) is 3. The highest BCUT2D eigenvalue weighted by Crippen LogP contribution is 2.54. The average Bonchev–Trinajstić information content (AvgIpc) is 3.89. The zero-order valence-corrected chi connectivity index (χ0v) is 31.9. The van der Waals surface area contributed by atoms with E-state index < -0.39 is 51.3 Å². The van der Waals surface area contributed by atoms with Crippen LogP contribution in [0.5, 0.6) is 23.0 Å². The van der Waals surface area contributed by atoms with E-state index in [0.29, 0.717) is 16.9 Å². The van der Waals surface area contributed by atoms with Gasteiger partial charge in [-0.3, -0.25) is 19.4 Å². The van der Waals surface area contributed by atoms with Crippen LogP contribution in [0.3, 0.4) is 0 Å². The van der Waals surface area contributed by atoms with Crippen LogP contribution >= 0.6 is 11.6 Å². The van der Waals surface area contributed by atoms with E-state index in [9.17, 15) is 22.8 Å². The Labute approximate surface area is 320 Å². The molecule has 0 saturated heterocycles. The molecule has 0 radical (unpaired) electrons. The molecule has 3 aromatic heterocycles. The summed E-state index contributed by atoms with van der Waals surface area (Å²) >= 11 is 6.64. The Morgan fingerprint density at radius 2 is 1.76 bits per heavy atom. The number of benzene rings is 2. The number of Topliss-reactive ketones (excluding diaryl/α,β-unsaturated/α-hetero) is 2. The molecule has 7 rings (SSSR count). The van der Waals surface area contributed by atoms with Crippen molar-refractivity contribution in [3.05, 3.63) is 88.2 Å². The van der Waals surface area contributed by atoms with Gasteiger partial charge in [-0.25, -0.2) is 8.42 Å². The number of rotatable bonds is 12. The van der Waals surface area contributed by atoms with Gasteiger partial charge in [0.1, 0.15) is 55.2 Å². The van der Waals surface area contributed by atoms with E-state index >= 15 is 0 Å². The zero-order chi connectivity index (χ0) is 39.2. The number of nitrogens with one attached hydrogen (secondary N) is 1. The molecule has 1 aliphatic carbocycles. The second-order valence-electron chi connectivity index (χ2n) is 13.3. The average molecular weight is 791 g/mol. The number of carbonyl (C=O) groups excluding carboxylic acids is 3. The van der Waals surface area contributed by atoms with Crippen molar-refractivity contribution in [3.8, 4) is 45.7 Å². The first-order chi connectivity index (χ1) is 26.3. The van der Waals surface area contributed by atoms with Crippen molar-refractivity contribution in [1.82, 2.24) is 20.4 Å². The third kappa shape index (κ3) is 6.69. The van der Waals surface area contributed by atoms with Gasteiger partial charge in [0.25, 0.3) is 0 Å². The van der Waals surface area contributed by atoms with Crippen LogP contribution in [0.1, 0.15) is 57.3 Å². The van der Waals surface area contributed by atoms with Gasteiger partial charge >= 0.3 is 0 Å². The van der Waals surface area contributed by atoms with Crippen LogP contribution in [0.15, 0.2) is 63.8 Å². The van der Waals surface area contributed by atoms with E-state index in [0.717, 1.165) is 6.26 Å². The summed E-state index contributed by atoms with van der Waals surface area (Å²) < 4.78 is 58.9. The maximum absolute atomic E-state index is 15.0. The van der Waals surface area contributed by atoms with Crippen LogP contribution in [0, 0.1) is 5.92 Å². The molecular formula is C38H35ClN4O11S. The third-order valence-electron chi connectivity index (χ3n) is 9.71. The summed E-state index contributed by atoms with van der Waals surface area (Å²) in [5.74, 6) is -1.64. The van der Waals surface area contributed by atoms with E-state index in [2.05, 4.69) is 20.4 Å². The number of ketones is 2. The Morgan fingerprint density at radius 3 is 2.42 bits per heavy atom. The lowest BCUT2D eigenvalue weighted by atomic mass is 9.70. The number of carbonyl (C=O) groups is 3. The lowest BCUT2D eigenvalue weighted by Gasteiger charge is -2.35. The largest absolute Gasteiger partial charge is 0.497 e. The van der Waals surface area contributed by atoms with E-state index in [1.165, 1.54) is 33.6 Å². The van der Waals surface area contributed by atoms with Gasteiger partial charge in [0.2, 0.25) is 34.8 Å². The van der Waals surface area contributed by atoms with Crippen molar-refractivity contribution >= 4 is 38.9 Å². The molecule has 1 amide bonds. The molecule has 0 saturated carbocycles. The molecule has 0 bridgehead atoms. The van der Waals surface area contributed by atoms with Crippen LogP contribution in [0.2, 0.25) is 5.02 Å². The van der Waals surface area contributed by atoms with Crippen molar-refractivity contribution in [3.63, 3.8) is 0 Å². The van der Waals surface area contributed by atoms with Gasteiger partial charge in [-0.05, 0) is 42.8 Å². The topological polar surface area (TPSA) is 199 Å². The van der Waals surface area contributed by atoms with E-state index in [4.69, 9.17) is 39.5 Å². The van der Waals surface area contributed by atoms with Crippen LogP contribution in [0.4, 0.5) is 0 Å². The summed E-state index contributed by atoms with van der Waals surface area (Å²) in [5, 5.41) is 6.82. The number of furan rings is 1. The van der Waals surface area contributed by atoms with Gasteiger partial charge in [0.05, 0.1) is 39.1 Å². The Hall–Kier alpha value is -5.74. The second kappa shape index (κ2) is 14.5. The highest BCUT2D eigenvalue weighted by atomic mass is 35.5. The van der Waals surface area contributed by atoms with Gasteiger partial charge in [0, 0.05) is 53.7 Å². The Kier molecular flexibility index (Phi) is 9.90. The van der Waals surface area contributed by atoms with E-state index in [-0.39, 0.29) is 80.8 Å². The molecule has 55 heavy (non-hydrogen) atoms. The van der Waals surface area contributed by atoms with Crippen molar-refractivity contribution < 1.29 is 50.7 Å². The first kappa shape index (κ1) is 37.6. The quantitative estimate of drug-likeness (QED) is 0.160. The van der Waals surface area contributed by atoms with Gasteiger partial charge in [0.15, 0.2) is 5.75 Å². The van der Waals surface area contributed by atoms with Crippen LogP contribution in [-0.4, -0.2) is 80.0 Å². The van der Waals surface area contributed by atoms with Crippen molar-refractivity contribution in [1.29, 1.82) is 0 Å². The van der Waals surface area contributed by atoms with Gasteiger partial charge in [-0.1, -0.05) is 23.7 Å². The van der Waals surface area contributed by atoms with Crippen LogP contribution in [0.25, 0.3) is 22.7 Å². The molecule has 1 aliphatic heterocycles. The number of aromatic nitrogens is 3. The molecule has 15 nitrogen and oxygen atoms in total. The standard InChI is InChI=1S/C38H35ClN4O11S/c1-19-15-26-29(34(45)38(19)35(46)30-25(50-3)17-27(51-4)31(39)33(30)53-38)23(32(52-26)20-8-10-22(49-2)11-9-20)16-28(44)41-24(12-14-55(5,47)48)37-42-36(43-54-37)21-7-6-13-40-18-21/h6-11,13,17-19,24H,12,14-16H2,1-5H3,(H,41,44). The molecule has 2 aromatic carbocycles. The van der Waals surface area contributed by atoms with Crippen molar-refractivity contribution in [2.45, 2.75) is 37.8 Å². The molecule has 3 atom stereocenters. The van der Waals surface area contributed by atoms with Crippen molar-refractivity contribution in [2.24, 2.45) is 5.92 Å². The van der Waals surface area contributed by atoms with Gasteiger partial charge in [-0.15, -0.1) is 0 Å². The lowest BCUT2D eigenvalue weighted by Crippen LogP contribution is -2.56. The molecular weight excluding hydrogens is 756 g/mol. The smallest absolute Gasteiger partial charge is 0.249 e. The van der Waals surface area contributed by atoms with Crippen LogP contribution < -0.4 is 24.3 Å². The van der Waals surface area contributed by atoms with E-state index in [1.807, 2.05) is 0 Å². The number of amides is 1. The minimum Gasteiger partial charge on any atom is -0.497 e. The number of ether oxygens (including phenoxy) is 4. The normalized spacial score (nSPS) is 18.0. The fourth-order valence-corrected chi connectivity index (χ4v) is 7.89. The highest BCUT2D eigenvalue weighted by molar-refractivity contribution is 7.90. The van der Waals surface area contributed by atoms with Crippen LogP contribution in [-0.2, 0) is 27.5 Å². The maximum Gasteiger partial charge on any atom is 0.249 e. The van der Waals surface area contributed by atoms with Gasteiger partial charge in [-0.2, -0.15) is 4.98 Å². The molecule has 2 aliphatic rings. The number of halogens is 1. The minimum atomic E-state index is -3.48. The summed E-state index contributed by atoms with van der Waals surface area (Å²) in [6.45, 7) is 1.70.